The molecule has 20 heavy (non-hydrogen) atoms. The monoisotopic (exact) mass is 323 g/mol. The van der Waals surface area contributed by atoms with Crippen molar-refractivity contribution in [3.05, 3.63) is 22.3 Å². The maximum Gasteiger partial charge on any atom is 0.388 e. The van der Waals surface area contributed by atoms with Crippen molar-refractivity contribution in [3.63, 3.8) is 0 Å². The van der Waals surface area contributed by atoms with Gasteiger partial charge in [-0.1, -0.05) is 23.2 Å². The molecular formula is C11H9Cl2F2N3O2. The molecule has 0 unspecified atom stereocenters. The van der Waals surface area contributed by atoms with Crippen LogP contribution in [0.3, 0.4) is 0 Å². The first kappa shape index (κ1) is 14.8. The number of nitrogens with zero attached hydrogens (tertiary/aromatic N) is 3. The molecule has 0 radical (unpaired) electrons. The van der Waals surface area contributed by atoms with Gasteiger partial charge in [-0.2, -0.15) is 13.9 Å². The highest BCUT2D eigenvalue weighted by Crippen LogP contribution is 2.38. The number of pyridine rings is 1. The standard InChI is InChI=1S/C11H9Cl2F2N3O2/c1-18-10(20-11(14)15)8(13)9(17-18)5-4-16-7(19-2)3-6(5)12/h3-4,11H,1-2H3. The molecule has 0 amide bonds. The van der Waals surface area contributed by atoms with E-state index in [0.717, 1.165) is 4.68 Å². The maximum absolute atomic E-state index is 12.3. The molecular weight excluding hydrogens is 315 g/mol. The molecule has 5 nitrogen and oxygen atoms in total. The van der Waals surface area contributed by atoms with Gasteiger partial charge in [0, 0.05) is 24.9 Å². The summed E-state index contributed by atoms with van der Waals surface area (Å²) < 4.78 is 34.9. The third kappa shape index (κ3) is 2.78. The van der Waals surface area contributed by atoms with Crippen LogP contribution in [0.5, 0.6) is 11.8 Å². The summed E-state index contributed by atoms with van der Waals surface area (Å²) in [6.45, 7) is -3.00. The molecule has 0 saturated heterocycles. The quantitative estimate of drug-likeness (QED) is 0.865. The summed E-state index contributed by atoms with van der Waals surface area (Å²) in [6, 6.07) is 1.47. The molecule has 0 aromatic carbocycles. The summed E-state index contributed by atoms with van der Waals surface area (Å²) in [6.07, 6.45) is 1.39. The fraction of sp³-hybridized carbons (Fsp3) is 0.273. The number of hydrogen-bond donors (Lipinski definition) is 0. The number of ether oxygens (including phenoxy) is 2. The summed E-state index contributed by atoms with van der Waals surface area (Å²) in [5, 5.41) is 4.22. The number of aryl methyl sites for hydroxylation is 1. The van der Waals surface area contributed by atoms with Crippen LogP contribution in [0.25, 0.3) is 11.3 Å². The van der Waals surface area contributed by atoms with Gasteiger partial charge in [0.2, 0.25) is 11.8 Å². The van der Waals surface area contributed by atoms with Crippen molar-refractivity contribution in [2.75, 3.05) is 7.11 Å². The predicted molar refractivity (Wildman–Crippen MR) is 69.6 cm³/mol. The zero-order valence-corrected chi connectivity index (χ0v) is 11.9. The number of halogens is 4. The lowest BCUT2D eigenvalue weighted by molar-refractivity contribution is -0.0552. The van der Waals surface area contributed by atoms with Gasteiger partial charge in [-0.15, -0.1) is 0 Å². The van der Waals surface area contributed by atoms with E-state index < -0.39 is 6.61 Å². The molecule has 0 saturated carbocycles. The third-order valence-electron chi connectivity index (χ3n) is 2.43. The molecule has 2 aromatic rings. The second-order valence-corrected chi connectivity index (χ2v) is 4.46. The Balaban J connectivity index is 2.48. The van der Waals surface area contributed by atoms with Crippen LogP contribution in [-0.2, 0) is 7.05 Å². The van der Waals surface area contributed by atoms with Gasteiger partial charge < -0.3 is 9.47 Å². The van der Waals surface area contributed by atoms with E-state index in [9.17, 15) is 8.78 Å². The highest BCUT2D eigenvalue weighted by Gasteiger charge is 2.22. The van der Waals surface area contributed by atoms with Crippen LogP contribution < -0.4 is 9.47 Å². The minimum Gasteiger partial charge on any atom is -0.481 e. The van der Waals surface area contributed by atoms with Gasteiger partial charge in [0.15, 0.2) is 0 Å². The zero-order chi connectivity index (χ0) is 14.9. The normalized spacial score (nSPS) is 10.9. The van der Waals surface area contributed by atoms with E-state index >= 15 is 0 Å². The second-order valence-electron chi connectivity index (χ2n) is 3.68. The van der Waals surface area contributed by atoms with Gasteiger partial charge in [0.1, 0.15) is 10.7 Å². The SMILES string of the molecule is COc1cc(Cl)c(-c2nn(C)c(OC(F)F)c2Cl)cn1. The van der Waals surface area contributed by atoms with Crippen LogP contribution in [0.1, 0.15) is 0 Å². The number of alkyl halides is 2. The highest BCUT2D eigenvalue weighted by atomic mass is 35.5. The zero-order valence-electron chi connectivity index (χ0n) is 10.4. The maximum atomic E-state index is 12.3. The fourth-order valence-electron chi connectivity index (χ4n) is 1.57. The minimum atomic E-state index is -3.00. The van der Waals surface area contributed by atoms with Crippen LogP contribution in [-0.4, -0.2) is 28.5 Å². The van der Waals surface area contributed by atoms with Crippen molar-refractivity contribution >= 4 is 23.2 Å². The van der Waals surface area contributed by atoms with Crippen molar-refractivity contribution in [3.8, 4) is 23.0 Å². The van der Waals surface area contributed by atoms with E-state index in [0.29, 0.717) is 11.4 Å². The van der Waals surface area contributed by atoms with Crippen molar-refractivity contribution in [1.29, 1.82) is 0 Å². The minimum absolute atomic E-state index is 0.0679. The first-order valence-electron chi connectivity index (χ1n) is 5.31. The van der Waals surface area contributed by atoms with Crippen LogP contribution in [0, 0.1) is 0 Å². The van der Waals surface area contributed by atoms with E-state index in [2.05, 4.69) is 14.8 Å². The first-order valence-corrected chi connectivity index (χ1v) is 6.06. The van der Waals surface area contributed by atoms with Crippen LogP contribution in [0.2, 0.25) is 10.0 Å². The van der Waals surface area contributed by atoms with Crippen LogP contribution >= 0.6 is 23.2 Å². The molecule has 0 aliphatic carbocycles. The predicted octanol–water partition coefficient (Wildman–Crippen LogP) is 3.40. The molecule has 2 heterocycles. The van der Waals surface area contributed by atoms with E-state index in [4.69, 9.17) is 27.9 Å². The fourth-order valence-corrected chi connectivity index (χ4v) is 2.10. The van der Waals surface area contributed by atoms with Crippen molar-refractivity contribution < 1.29 is 18.3 Å². The average molecular weight is 324 g/mol. The van der Waals surface area contributed by atoms with Crippen molar-refractivity contribution in [2.24, 2.45) is 7.05 Å². The van der Waals surface area contributed by atoms with Gasteiger partial charge in [0.05, 0.1) is 12.1 Å². The average Bonchev–Trinajstić information content (AvgIpc) is 2.66. The smallest absolute Gasteiger partial charge is 0.388 e. The Morgan fingerprint density at radius 3 is 2.60 bits per heavy atom. The molecule has 0 fully saturated rings. The number of aromatic nitrogens is 3. The summed E-state index contributed by atoms with van der Waals surface area (Å²) in [7, 11) is 2.87. The Morgan fingerprint density at radius 1 is 1.35 bits per heavy atom. The summed E-state index contributed by atoms with van der Waals surface area (Å²) >= 11 is 12.1. The number of rotatable bonds is 4. The molecule has 0 aliphatic heterocycles. The molecule has 9 heteroatoms. The Morgan fingerprint density at radius 2 is 2.05 bits per heavy atom. The topological polar surface area (TPSA) is 49.2 Å². The van der Waals surface area contributed by atoms with Gasteiger partial charge in [-0.05, 0) is 0 Å². The van der Waals surface area contributed by atoms with E-state index in [1.54, 1.807) is 0 Å². The molecule has 2 aromatic heterocycles. The molecule has 0 N–H and O–H groups in total. The van der Waals surface area contributed by atoms with Gasteiger partial charge in [-0.25, -0.2) is 9.67 Å². The van der Waals surface area contributed by atoms with Crippen LogP contribution in [0.4, 0.5) is 8.78 Å². The Hall–Kier alpha value is -1.60. The molecule has 0 bridgehead atoms. The lowest BCUT2D eigenvalue weighted by Gasteiger charge is -2.04. The Labute approximate surface area is 123 Å². The summed E-state index contributed by atoms with van der Waals surface area (Å²) in [5.74, 6) is 0.0680. The van der Waals surface area contributed by atoms with E-state index in [1.807, 2.05) is 0 Å². The summed E-state index contributed by atoms with van der Waals surface area (Å²) in [4.78, 5) is 3.97. The lowest BCUT2D eigenvalue weighted by atomic mass is 10.2. The molecule has 0 spiro atoms. The molecule has 0 aliphatic rings. The van der Waals surface area contributed by atoms with E-state index in [-0.39, 0.29) is 21.6 Å². The van der Waals surface area contributed by atoms with Gasteiger partial charge in [-0.3, -0.25) is 0 Å². The first-order chi connectivity index (χ1) is 9.43. The highest BCUT2D eigenvalue weighted by molar-refractivity contribution is 6.37. The Bertz CT molecular complexity index is 634. The Kier molecular flexibility index (Phi) is 4.29. The third-order valence-corrected chi connectivity index (χ3v) is 3.09. The summed E-state index contributed by atoms with van der Waals surface area (Å²) in [5.41, 5.74) is 0.585. The lowest BCUT2D eigenvalue weighted by Crippen LogP contribution is -2.06. The van der Waals surface area contributed by atoms with Crippen molar-refractivity contribution in [1.82, 2.24) is 14.8 Å². The number of methoxy groups -OCH3 is 1. The van der Waals surface area contributed by atoms with Gasteiger partial charge >= 0.3 is 6.61 Å². The molecule has 2 rings (SSSR count). The van der Waals surface area contributed by atoms with Crippen LogP contribution in [0.15, 0.2) is 12.3 Å². The van der Waals surface area contributed by atoms with Crippen molar-refractivity contribution in [2.45, 2.75) is 6.61 Å². The largest absolute Gasteiger partial charge is 0.481 e. The second kappa shape index (κ2) is 5.80. The molecule has 0 atom stereocenters. The van der Waals surface area contributed by atoms with Gasteiger partial charge in [0.25, 0.3) is 0 Å². The number of hydrogen-bond acceptors (Lipinski definition) is 4. The van der Waals surface area contributed by atoms with E-state index in [1.165, 1.54) is 26.4 Å². The molecule has 108 valence electrons.